The molecule has 3 unspecified atom stereocenters. The van der Waals surface area contributed by atoms with Crippen molar-refractivity contribution in [3.8, 4) is 0 Å². The second-order valence-corrected chi connectivity index (χ2v) is 6.73. The molecule has 22 heavy (non-hydrogen) atoms. The van der Waals surface area contributed by atoms with Gasteiger partial charge in [0, 0.05) is 18.6 Å². The topological polar surface area (TPSA) is 23.5 Å². The Labute approximate surface area is 132 Å². The molecular weight excluding hydrogens is 270 g/mol. The van der Waals surface area contributed by atoms with Crippen molar-refractivity contribution in [2.45, 2.75) is 44.0 Å². The molecule has 0 spiro atoms. The average molecular weight is 293 g/mol. The number of likely N-dealkylation sites (tertiary alicyclic amines) is 1. The Morgan fingerprint density at radius 2 is 1.64 bits per heavy atom. The number of nitrogens with zero attached hydrogens (tertiary/aromatic N) is 1. The Balaban J connectivity index is 1.59. The molecule has 2 nitrogen and oxygen atoms in total. The molecule has 2 aromatic carbocycles. The van der Waals surface area contributed by atoms with Crippen LogP contribution in [0.4, 0.5) is 0 Å². The van der Waals surface area contributed by atoms with E-state index in [9.17, 15) is 5.11 Å². The van der Waals surface area contributed by atoms with E-state index in [0.29, 0.717) is 12.0 Å². The third kappa shape index (κ3) is 2.47. The molecule has 114 valence electrons. The molecule has 1 N–H and O–H groups in total. The van der Waals surface area contributed by atoms with Gasteiger partial charge in [0.15, 0.2) is 0 Å². The summed E-state index contributed by atoms with van der Waals surface area (Å²) in [6.45, 7) is 0.955. The second-order valence-electron chi connectivity index (χ2n) is 6.73. The number of hydrogen-bond acceptors (Lipinski definition) is 2. The highest BCUT2D eigenvalue weighted by Crippen LogP contribution is 2.47. The average Bonchev–Trinajstić information content (AvgIpc) is 3.17. The number of benzene rings is 2. The molecule has 1 aliphatic heterocycles. The van der Waals surface area contributed by atoms with E-state index in [2.05, 4.69) is 47.4 Å². The van der Waals surface area contributed by atoms with E-state index in [1.54, 1.807) is 0 Å². The summed E-state index contributed by atoms with van der Waals surface area (Å²) in [4.78, 5) is 2.56. The van der Waals surface area contributed by atoms with Gasteiger partial charge in [0.05, 0.1) is 6.10 Å². The number of aliphatic hydroxyl groups excluding tert-OH is 1. The lowest BCUT2D eigenvalue weighted by Crippen LogP contribution is -2.43. The van der Waals surface area contributed by atoms with E-state index in [0.717, 1.165) is 12.1 Å². The zero-order valence-electron chi connectivity index (χ0n) is 12.8. The fraction of sp³-hybridized carbons (Fsp3) is 0.400. The number of aliphatic hydroxyl groups is 1. The third-order valence-corrected chi connectivity index (χ3v) is 5.45. The Morgan fingerprint density at radius 3 is 2.36 bits per heavy atom. The lowest BCUT2D eigenvalue weighted by molar-refractivity contribution is 0.0156. The van der Waals surface area contributed by atoms with Gasteiger partial charge in [0.1, 0.15) is 0 Å². The molecular formula is C20H23NO. The van der Waals surface area contributed by atoms with Crippen molar-refractivity contribution >= 4 is 0 Å². The predicted octanol–water partition coefficient (Wildman–Crippen LogP) is 3.77. The number of piperidine rings is 1. The van der Waals surface area contributed by atoms with E-state index >= 15 is 0 Å². The molecule has 2 aromatic rings. The van der Waals surface area contributed by atoms with Crippen molar-refractivity contribution in [1.29, 1.82) is 0 Å². The molecule has 0 radical (unpaired) electrons. The molecule has 0 aromatic heterocycles. The van der Waals surface area contributed by atoms with Crippen LogP contribution >= 0.6 is 0 Å². The highest BCUT2D eigenvalue weighted by Gasteiger charge is 2.48. The summed E-state index contributed by atoms with van der Waals surface area (Å²) in [6.07, 6.45) is 3.43. The first-order chi connectivity index (χ1) is 10.8. The van der Waals surface area contributed by atoms with Gasteiger partial charge in [-0.05, 0) is 36.3 Å². The zero-order chi connectivity index (χ0) is 14.9. The van der Waals surface area contributed by atoms with Gasteiger partial charge in [-0.1, -0.05) is 60.7 Å². The quantitative estimate of drug-likeness (QED) is 0.927. The molecule has 0 amide bonds. The Bertz CT molecular complexity index is 612. The van der Waals surface area contributed by atoms with Crippen molar-refractivity contribution in [2.75, 3.05) is 0 Å². The molecule has 1 saturated carbocycles. The largest absolute Gasteiger partial charge is 0.387 e. The molecule has 1 aliphatic carbocycles. The summed E-state index contributed by atoms with van der Waals surface area (Å²) in [6, 6.07) is 21.7. The second kappa shape index (κ2) is 5.86. The van der Waals surface area contributed by atoms with Gasteiger partial charge in [-0.25, -0.2) is 0 Å². The van der Waals surface area contributed by atoms with E-state index in [1.807, 2.05) is 18.2 Å². The molecule has 4 rings (SSSR count). The number of fused-ring (bicyclic) bond motifs is 2. The smallest absolute Gasteiger partial charge is 0.0948 e. The molecule has 1 saturated heterocycles. The maximum Gasteiger partial charge on any atom is 0.0948 e. The van der Waals surface area contributed by atoms with Gasteiger partial charge in [0.25, 0.3) is 0 Å². The first kappa shape index (κ1) is 14.0. The van der Waals surface area contributed by atoms with Gasteiger partial charge in [-0.2, -0.15) is 0 Å². The van der Waals surface area contributed by atoms with Crippen LogP contribution in [0.5, 0.6) is 0 Å². The van der Waals surface area contributed by atoms with Crippen LogP contribution in [-0.2, 0) is 6.54 Å². The van der Waals surface area contributed by atoms with Crippen molar-refractivity contribution in [2.24, 2.45) is 5.92 Å². The van der Waals surface area contributed by atoms with Gasteiger partial charge >= 0.3 is 0 Å². The van der Waals surface area contributed by atoms with Crippen molar-refractivity contribution in [3.05, 3.63) is 71.8 Å². The minimum atomic E-state index is -0.375. The van der Waals surface area contributed by atoms with Gasteiger partial charge in [0.2, 0.25) is 0 Å². The highest BCUT2D eigenvalue weighted by atomic mass is 16.3. The van der Waals surface area contributed by atoms with Crippen LogP contribution in [0.2, 0.25) is 0 Å². The molecule has 4 atom stereocenters. The fourth-order valence-electron chi connectivity index (χ4n) is 4.43. The maximum absolute atomic E-state index is 10.9. The molecule has 2 bridgehead atoms. The van der Waals surface area contributed by atoms with Gasteiger partial charge in [-0.3, -0.25) is 4.90 Å². The highest BCUT2D eigenvalue weighted by molar-refractivity contribution is 5.22. The predicted molar refractivity (Wildman–Crippen MR) is 88.3 cm³/mol. The summed E-state index contributed by atoms with van der Waals surface area (Å²) in [5.41, 5.74) is 2.40. The first-order valence-electron chi connectivity index (χ1n) is 8.35. The Hall–Kier alpha value is -1.64. The zero-order valence-corrected chi connectivity index (χ0v) is 12.8. The molecule has 2 aliphatic rings. The van der Waals surface area contributed by atoms with Gasteiger partial charge in [-0.15, -0.1) is 0 Å². The fourth-order valence-corrected chi connectivity index (χ4v) is 4.43. The maximum atomic E-state index is 10.9. The molecule has 2 fully saturated rings. The number of rotatable bonds is 4. The van der Waals surface area contributed by atoms with Crippen LogP contribution < -0.4 is 0 Å². The minimum Gasteiger partial charge on any atom is -0.387 e. The normalized spacial score (nSPS) is 28.9. The lowest BCUT2D eigenvalue weighted by Gasteiger charge is -2.38. The SMILES string of the molecule is O[C@H](c1ccccc1)C1C2CCC(C2)N1Cc1ccccc1. The van der Waals surface area contributed by atoms with Crippen molar-refractivity contribution in [3.63, 3.8) is 0 Å². The summed E-state index contributed by atoms with van der Waals surface area (Å²) >= 11 is 0. The third-order valence-electron chi connectivity index (χ3n) is 5.45. The van der Waals surface area contributed by atoms with Crippen LogP contribution in [-0.4, -0.2) is 22.1 Å². The standard InChI is InChI=1S/C20H23NO/c22-20(16-9-5-2-6-10-16)19-17-11-12-18(13-17)21(19)14-15-7-3-1-4-8-15/h1-10,17-20,22H,11-14H2/t17?,18?,19?,20-/m1/s1. The van der Waals surface area contributed by atoms with E-state index in [1.165, 1.54) is 24.8 Å². The van der Waals surface area contributed by atoms with E-state index in [-0.39, 0.29) is 12.1 Å². The van der Waals surface area contributed by atoms with Crippen LogP contribution in [0.25, 0.3) is 0 Å². The number of hydrogen-bond donors (Lipinski definition) is 1. The van der Waals surface area contributed by atoms with Gasteiger partial charge < -0.3 is 5.11 Å². The summed E-state index contributed by atoms with van der Waals surface area (Å²) in [5, 5.41) is 10.9. The van der Waals surface area contributed by atoms with Crippen LogP contribution in [0.15, 0.2) is 60.7 Å². The van der Waals surface area contributed by atoms with E-state index in [4.69, 9.17) is 0 Å². The lowest BCUT2D eigenvalue weighted by atomic mass is 9.90. The molecule has 2 heteroatoms. The summed E-state index contributed by atoms with van der Waals surface area (Å²) < 4.78 is 0. The first-order valence-corrected chi connectivity index (χ1v) is 8.35. The monoisotopic (exact) mass is 293 g/mol. The van der Waals surface area contributed by atoms with Crippen LogP contribution in [0.3, 0.4) is 0 Å². The van der Waals surface area contributed by atoms with Crippen LogP contribution in [0.1, 0.15) is 36.5 Å². The summed E-state index contributed by atoms with van der Waals surface area (Å²) in [7, 11) is 0. The summed E-state index contributed by atoms with van der Waals surface area (Å²) in [5.74, 6) is 0.643. The van der Waals surface area contributed by atoms with Crippen molar-refractivity contribution < 1.29 is 5.11 Å². The Morgan fingerprint density at radius 1 is 0.955 bits per heavy atom. The minimum absolute atomic E-state index is 0.265. The molecule has 1 heterocycles. The Kier molecular flexibility index (Phi) is 3.73. The van der Waals surface area contributed by atoms with Crippen LogP contribution in [0, 0.1) is 5.92 Å². The van der Waals surface area contributed by atoms with E-state index < -0.39 is 0 Å². The van der Waals surface area contributed by atoms with Crippen molar-refractivity contribution in [1.82, 2.24) is 4.90 Å².